The maximum atomic E-state index is 11.7. The Hall–Kier alpha value is -1.05. The highest BCUT2D eigenvalue weighted by atomic mass is 16.5. The first kappa shape index (κ1) is 25.1. The fourth-order valence-corrected chi connectivity index (χ4v) is 9.15. The van der Waals surface area contributed by atoms with Gasteiger partial charge in [0.05, 0.1) is 0 Å². The Labute approximate surface area is 204 Å². The number of fused-ring (bicyclic) bond motifs is 4. The van der Waals surface area contributed by atoms with Gasteiger partial charge in [-0.2, -0.15) is 0 Å². The molecular formula is C31H50O2. The molecule has 2 fully saturated rings. The summed E-state index contributed by atoms with van der Waals surface area (Å²) in [5.74, 6) is 4.10. The highest BCUT2D eigenvalue weighted by Gasteiger charge is 2.57. The predicted octanol–water partition coefficient (Wildman–Crippen LogP) is 8.52. The van der Waals surface area contributed by atoms with Crippen LogP contribution < -0.4 is 0 Å². The number of rotatable bonds is 6. The lowest BCUT2D eigenvalue weighted by atomic mass is 9.49. The van der Waals surface area contributed by atoms with Crippen LogP contribution in [0.25, 0.3) is 0 Å². The Morgan fingerprint density at radius 2 is 1.82 bits per heavy atom. The van der Waals surface area contributed by atoms with Crippen LogP contribution in [-0.2, 0) is 9.53 Å². The second-order valence-corrected chi connectivity index (χ2v) is 13.2. The molecule has 0 saturated heterocycles. The van der Waals surface area contributed by atoms with E-state index in [0.29, 0.717) is 28.6 Å². The fourth-order valence-electron chi connectivity index (χ4n) is 9.15. The van der Waals surface area contributed by atoms with E-state index in [1.54, 1.807) is 6.92 Å². The van der Waals surface area contributed by atoms with Gasteiger partial charge in [0.1, 0.15) is 6.10 Å². The second-order valence-electron chi connectivity index (χ2n) is 13.2. The first-order valence-corrected chi connectivity index (χ1v) is 14.1. The smallest absolute Gasteiger partial charge is 0.302 e. The third kappa shape index (κ3) is 4.27. The van der Waals surface area contributed by atoms with Gasteiger partial charge in [-0.1, -0.05) is 64.8 Å². The van der Waals surface area contributed by atoms with Crippen LogP contribution in [0.2, 0.25) is 0 Å². The maximum absolute atomic E-state index is 11.7. The van der Waals surface area contributed by atoms with Crippen molar-refractivity contribution in [2.45, 2.75) is 119 Å². The first-order chi connectivity index (χ1) is 15.5. The number of hydrogen-bond acceptors (Lipinski definition) is 2. The zero-order chi connectivity index (χ0) is 24.1. The number of carbonyl (C=O) groups is 1. The molecule has 8 atom stereocenters. The van der Waals surface area contributed by atoms with Crippen molar-refractivity contribution in [3.8, 4) is 0 Å². The van der Waals surface area contributed by atoms with Crippen molar-refractivity contribution < 1.29 is 9.53 Å². The lowest BCUT2D eigenvalue weighted by Gasteiger charge is -2.57. The van der Waals surface area contributed by atoms with E-state index in [2.05, 4.69) is 48.1 Å². The van der Waals surface area contributed by atoms with E-state index in [0.717, 1.165) is 24.2 Å². The van der Waals surface area contributed by atoms with Crippen molar-refractivity contribution in [2.24, 2.45) is 46.3 Å². The van der Waals surface area contributed by atoms with E-state index in [4.69, 9.17) is 4.74 Å². The Morgan fingerprint density at radius 1 is 1.09 bits per heavy atom. The number of carbonyl (C=O) groups excluding carboxylic acids is 1. The molecule has 33 heavy (non-hydrogen) atoms. The number of allylic oxidation sites excluding steroid dienone is 3. The van der Waals surface area contributed by atoms with Crippen molar-refractivity contribution >= 4 is 5.97 Å². The minimum absolute atomic E-state index is 0.109. The van der Waals surface area contributed by atoms with Gasteiger partial charge in [-0.15, -0.1) is 0 Å². The molecule has 0 radical (unpaired) electrons. The number of ether oxygens (including phenoxy) is 1. The van der Waals surface area contributed by atoms with Gasteiger partial charge in [0.15, 0.2) is 0 Å². The van der Waals surface area contributed by atoms with Crippen molar-refractivity contribution in [1.29, 1.82) is 0 Å². The van der Waals surface area contributed by atoms with E-state index >= 15 is 0 Å². The Morgan fingerprint density at radius 3 is 2.48 bits per heavy atom. The molecule has 186 valence electrons. The van der Waals surface area contributed by atoms with Gasteiger partial charge in [-0.05, 0) is 111 Å². The molecule has 0 aromatic rings. The molecule has 0 unspecified atom stereocenters. The van der Waals surface area contributed by atoms with Gasteiger partial charge in [-0.3, -0.25) is 4.79 Å². The minimum atomic E-state index is -0.109. The summed E-state index contributed by atoms with van der Waals surface area (Å²) in [6.07, 6.45) is 12.9. The van der Waals surface area contributed by atoms with E-state index < -0.39 is 0 Å². The quantitative estimate of drug-likeness (QED) is 0.297. The average molecular weight is 455 g/mol. The zero-order valence-electron chi connectivity index (χ0n) is 22.6. The van der Waals surface area contributed by atoms with Crippen LogP contribution in [0.15, 0.2) is 23.3 Å². The van der Waals surface area contributed by atoms with E-state index in [1.807, 2.05) is 11.1 Å². The van der Waals surface area contributed by atoms with Crippen molar-refractivity contribution in [3.05, 3.63) is 23.3 Å². The molecule has 0 amide bonds. The summed E-state index contributed by atoms with van der Waals surface area (Å²) in [5, 5.41) is 0. The van der Waals surface area contributed by atoms with Crippen molar-refractivity contribution in [1.82, 2.24) is 0 Å². The van der Waals surface area contributed by atoms with Crippen LogP contribution in [0.5, 0.6) is 0 Å². The SMILES string of the molecule is C=C(CC[C@@H](C)[C@H]1CC[C@H]2C3=C(CC[C@]12C)[C@@]1(C)CC[C@H](OC(C)=O)[C@@H](C)[C@@H]1CC3)C(C)C. The predicted molar refractivity (Wildman–Crippen MR) is 138 cm³/mol. The van der Waals surface area contributed by atoms with E-state index in [1.165, 1.54) is 63.4 Å². The summed E-state index contributed by atoms with van der Waals surface area (Å²) in [6.45, 7) is 20.6. The lowest BCUT2D eigenvalue weighted by Crippen LogP contribution is -2.49. The molecule has 0 bridgehead atoms. The summed E-state index contributed by atoms with van der Waals surface area (Å²) in [6, 6.07) is 0. The third-order valence-electron chi connectivity index (χ3n) is 11.3. The Kier molecular flexibility index (Phi) is 6.98. The molecular weight excluding hydrogens is 404 g/mol. The van der Waals surface area contributed by atoms with Gasteiger partial charge < -0.3 is 4.74 Å². The number of esters is 1. The largest absolute Gasteiger partial charge is 0.462 e. The van der Waals surface area contributed by atoms with Gasteiger partial charge in [0, 0.05) is 6.92 Å². The van der Waals surface area contributed by atoms with E-state index in [-0.39, 0.29) is 12.1 Å². The molecule has 2 saturated carbocycles. The summed E-state index contributed by atoms with van der Waals surface area (Å²) in [7, 11) is 0. The van der Waals surface area contributed by atoms with Gasteiger partial charge in [0.2, 0.25) is 0 Å². The standard InChI is InChI=1S/C31H50O2/c1-19(2)20(3)9-10-21(4)25-13-14-27-24-11-12-26-22(5)29(33-23(6)32)16-18-31(26,8)28(24)15-17-30(25,27)7/h19,21-22,25-27,29H,3,9-18H2,1-2,4-8H3/t21-,22+,25-,26+,27+,29+,30-,31+/m1/s1. The molecule has 4 aliphatic carbocycles. The number of hydrogen-bond donors (Lipinski definition) is 0. The minimum Gasteiger partial charge on any atom is -0.462 e. The van der Waals surface area contributed by atoms with Crippen molar-refractivity contribution in [2.75, 3.05) is 0 Å². The van der Waals surface area contributed by atoms with Gasteiger partial charge in [0.25, 0.3) is 0 Å². The molecule has 0 aliphatic heterocycles. The molecule has 2 nitrogen and oxygen atoms in total. The fraction of sp³-hybridized carbons (Fsp3) is 0.839. The highest BCUT2D eigenvalue weighted by Crippen LogP contribution is 2.66. The zero-order valence-corrected chi connectivity index (χ0v) is 22.6. The van der Waals surface area contributed by atoms with Crippen LogP contribution in [0.4, 0.5) is 0 Å². The van der Waals surface area contributed by atoms with E-state index in [9.17, 15) is 4.79 Å². The van der Waals surface area contributed by atoms with Gasteiger partial charge in [-0.25, -0.2) is 0 Å². The highest BCUT2D eigenvalue weighted by molar-refractivity contribution is 5.66. The summed E-state index contributed by atoms with van der Waals surface area (Å²) >= 11 is 0. The second kappa shape index (κ2) is 9.19. The Balaban J connectivity index is 1.52. The normalized spacial score (nSPS) is 41.3. The molecule has 0 N–H and O–H groups in total. The Bertz CT molecular complexity index is 806. The molecule has 4 rings (SSSR count). The van der Waals surface area contributed by atoms with Gasteiger partial charge >= 0.3 is 5.97 Å². The van der Waals surface area contributed by atoms with Crippen molar-refractivity contribution in [3.63, 3.8) is 0 Å². The molecule has 0 aromatic heterocycles. The van der Waals surface area contributed by atoms with Crippen LogP contribution in [0.3, 0.4) is 0 Å². The van der Waals surface area contributed by atoms with Crippen LogP contribution in [-0.4, -0.2) is 12.1 Å². The van der Waals surface area contributed by atoms with Crippen LogP contribution in [0.1, 0.15) is 113 Å². The third-order valence-corrected chi connectivity index (χ3v) is 11.3. The average Bonchev–Trinajstić information content (AvgIpc) is 3.11. The topological polar surface area (TPSA) is 26.3 Å². The maximum Gasteiger partial charge on any atom is 0.302 e. The van der Waals surface area contributed by atoms with Crippen LogP contribution >= 0.6 is 0 Å². The monoisotopic (exact) mass is 454 g/mol. The van der Waals surface area contributed by atoms with Crippen LogP contribution in [0, 0.1) is 46.3 Å². The molecule has 4 aliphatic rings. The summed E-state index contributed by atoms with van der Waals surface area (Å²) in [4.78, 5) is 11.7. The molecule has 0 spiro atoms. The first-order valence-electron chi connectivity index (χ1n) is 14.1. The summed E-state index contributed by atoms with van der Waals surface area (Å²) in [5.41, 5.74) is 5.96. The molecule has 0 heterocycles. The molecule has 2 heteroatoms. The summed E-state index contributed by atoms with van der Waals surface area (Å²) < 4.78 is 5.75. The molecule has 0 aromatic carbocycles. The lowest BCUT2D eigenvalue weighted by molar-refractivity contribution is -0.155.